The molecule has 4 nitrogen and oxygen atoms in total. The molecule has 2 aromatic rings. The molecule has 2 heterocycles. The maximum absolute atomic E-state index is 5.97. The molecular formula is C9H6Cl2N4S. The van der Waals surface area contributed by atoms with Gasteiger partial charge in [-0.2, -0.15) is 0 Å². The van der Waals surface area contributed by atoms with E-state index >= 15 is 0 Å². The maximum atomic E-state index is 5.97. The molecule has 0 saturated heterocycles. The molecule has 82 valence electrons. The molecule has 16 heavy (non-hydrogen) atoms. The van der Waals surface area contributed by atoms with Crippen molar-refractivity contribution in [3.8, 4) is 0 Å². The third-order valence-corrected chi connectivity index (χ3v) is 3.31. The smallest absolute Gasteiger partial charge is 0.223 e. The third kappa shape index (κ3) is 2.55. The highest BCUT2D eigenvalue weighted by Crippen LogP contribution is 2.33. The van der Waals surface area contributed by atoms with Crippen molar-refractivity contribution in [1.82, 2.24) is 15.0 Å². The van der Waals surface area contributed by atoms with Gasteiger partial charge in [0.15, 0.2) is 0 Å². The molecule has 0 unspecified atom stereocenters. The average molecular weight is 273 g/mol. The van der Waals surface area contributed by atoms with Crippen LogP contribution in [-0.2, 0) is 0 Å². The standard InChI is InChI=1S/C9H6Cl2N4S/c10-5-2-1-3-13-7(5)16-8-6(12)4-14-9(11)15-8/h1-4H,12H2. The van der Waals surface area contributed by atoms with Crippen molar-refractivity contribution in [2.45, 2.75) is 10.1 Å². The molecular weight excluding hydrogens is 267 g/mol. The lowest BCUT2D eigenvalue weighted by Gasteiger charge is -2.04. The summed E-state index contributed by atoms with van der Waals surface area (Å²) >= 11 is 12.9. The molecule has 2 rings (SSSR count). The van der Waals surface area contributed by atoms with Crippen molar-refractivity contribution in [2.24, 2.45) is 0 Å². The molecule has 0 fully saturated rings. The fourth-order valence-corrected chi connectivity index (χ4v) is 2.16. The van der Waals surface area contributed by atoms with Crippen molar-refractivity contribution in [2.75, 3.05) is 5.73 Å². The highest BCUT2D eigenvalue weighted by atomic mass is 35.5. The number of aromatic nitrogens is 3. The van der Waals surface area contributed by atoms with E-state index in [9.17, 15) is 0 Å². The number of halogens is 2. The van der Waals surface area contributed by atoms with E-state index in [0.717, 1.165) is 0 Å². The predicted molar refractivity (Wildman–Crippen MR) is 64.8 cm³/mol. The molecule has 0 aliphatic heterocycles. The number of rotatable bonds is 2. The molecule has 7 heteroatoms. The molecule has 0 aliphatic rings. The summed E-state index contributed by atoms with van der Waals surface area (Å²) in [5.41, 5.74) is 6.15. The Labute approximate surface area is 106 Å². The Morgan fingerprint density at radius 1 is 1.19 bits per heavy atom. The van der Waals surface area contributed by atoms with Gasteiger partial charge >= 0.3 is 0 Å². The Morgan fingerprint density at radius 3 is 2.75 bits per heavy atom. The third-order valence-electron chi connectivity index (χ3n) is 1.67. The number of hydrogen-bond donors (Lipinski definition) is 1. The first-order valence-corrected chi connectivity index (χ1v) is 5.80. The maximum Gasteiger partial charge on any atom is 0.223 e. The van der Waals surface area contributed by atoms with Crippen molar-refractivity contribution >= 4 is 40.7 Å². The summed E-state index contributed by atoms with van der Waals surface area (Å²) in [6.07, 6.45) is 3.10. The topological polar surface area (TPSA) is 64.7 Å². The molecule has 0 saturated carbocycles. The van der Waals surface area contributed by atoms with Crippen LogP contribution in [0.25, 0.3) is 0 Å². The molecule has 2 aromatic heterocycles. The zero-order valence-electron chi connectivity index (χ0n) is 7.89. The van der Waals surface area contributed by atoms with Gasteiger partial charge in [0.25, 0.3) is 0 Å². The van der Waals surface area contributed by atoms with Crippen molar-refractivity contribution in [1.29, 1.82) is 0 Å². The number of hydrogen-bond acceptors (Lipinski definition) is 5. The Balaban J connectivity index is 2.34. The molecule has 0 amide bonds. The normalized spacial score (nSPS) is 10.4. The summed E-state index contributed by atoms with van der Waals surface area (Å²) in [5, 5.41) is 1.86. The Morgan fingerprint density at radius 2 is 2.00 bits per heavy atom. The van der Waals surface area contributed by atoms with Gasteiger partial charge in [-0.3, -0.25) is 0 Å². The van der Waals surface area contributed by atoms with E-state index in [1.807, 2.05) is 0 Å². The first-order valence-electron chi connectivity index (χ1n) is 4.23. The van der Waals surface area contributed by atoms with Gasteiger partial charge in [0, 0.05) is 6.20 Å². The van der Waals surface area contributed by atoms with E-state index < -0.39 is 0 Å². The predicted octanol–water partition coefficient (Wildman–Crippen LogP) is 2.91. The molecule has 0 spiro atoms. The Bertz CT molecular complexity index is 521. The number of pyridine rings is 1. The van der Waals surface area contributed by atoms with E-state index in [1.54, 1.807) is 18.3 Å². The summed E-state index contributed by atoms with van der Waals surface area (Å²) in [4.78, 5) is 11.9. The average Bonchev–Trinajstić information content (AvgIpc) is 2.27. The van der Waals surface area contributed by atoms with E-state index in [-0.39, 0.29) is 5.28 Å². The van der Waals surface area contributed by atoms with E-state index in [1.165, 1.54) is 18.0 Å². The van der Waals surface area contributed by atoms with Gasteiger partial charge in [0.1, 0.15) is 10.1 Å². The fourth-order valence-electron chi connectivity index (χ4n) is 0.975. The lowest BCUT2D eigenvalue weighted by molar-refractivity contribution is 1.04. The van der Waals surface area contributed by atoms with Crippen molar-refractivity contribution in [3.63, 3.8) is 0 Å². The number of nitrogens with two attached hydrogens (primary N) is 1. The van der Waals surface area contributed by atoms with Crippen molar-refractivity contribution in [3.05, 3.63) is 34.8 Å². The minimum Gasteiger partial charge on any atom is -0.395 e. The zero-order chi connectivity index (χ0) is 11.5. The van der Waals surface area contributed by atoms with Gasteiger partial charge in [-0.05, 0) is 35.5 Å². The van der Waals surface area contributed by atoms with Crippen LogP contribution in [-0.4, -0.2) is 15.0 Å². The second-order valence-electron chi connectivity index (χ2n) is 2.79. The minimum atomic E-state index is 0.142. The van der Waals surface area contributed by atoms with Crippen LogP contribution in [0, 0.1) is 0 Å². The van der Waals surface area contributed by atoms with Crippen LogP contribution >= 0.6 is 35.0 Å². The van der Waals surface area contributed by atoms with Crippen LogP contribution in [0.1, 0.15) is 0 Å². The Kier molecular flexibility index (Phi) is 3.48. The monoisotopic (exact) mass is 272 g/mol. The van der Waals surface area contributed by atoms with Crippen LogP contribution in [0.4, 0.5) is 5.69 Å². The molecule has 2 N–H and O–H groups in total. The van der Waals surface area contributed by atoms with E-state index in [0.29, 0.717) is 20.8 Å². The molecule has 0 radical (unpaired) electrons. The summed E-state index contributed by atoms with van der Waals surface area (Å²) in [6.45, 7) is 0. The van der Waals surface area contributed by atoms with Gasteiger partial charge in [-0.25, -0.2) is 15.0 Å². The summed E-state index contributed by atoms with van der Waals surface area (Å²) in [7, 11) is 0. The zero-order valence-corrected chi connectivity index (χ0v) is 10.2. The van der Waals surface area contributed by atoms with Crippen LogP contribution < -0.4 is 5.73 Å². The van der Waals surface area contributed by atoms with Crippen molar-refractivity contribution < 1.29 is 0 Å². The highest BCUT2D eigenvalue weighted by Gasteiger charge is 2.09. The van der Waals surface area contributed by atoms with Gasteiger partial charge in [0.05, 0.1) is 16.9 Å². The van der Waals surface area contributed by atoms with Gasteiger partial charge in [-0.15, -0.1) is 0 Å². The second-order valence-corrected chi connectivity index (χ2v) is 4.51. The fraction of sp³-hybridized carbons (Fsp3) is 0. The first-order chi connectivity index (χ1) is 7.66. The van der Waals surface area contributed by atoms with Gasteiger partial charge in [-0.1, -0.05) is 11.6 Å². The minimum absolute atomic E-state index is 0.142. The Hall–Kier alpha value is -1.04. The number of nitrogen functional groups attached to an aromatic ring is 1. The largest absolute Gasteiger partial charge is 0.395 e. The number of nitrogens with zero attached hydrogens (tertiary/aromatic N) is 3. The van der Waals surface area contributed by atoms with Crippen LogP contribution in [0.15, 0.2) is 34.6 Å². The quantitative estimate of drug-likeness (QED) is 0.673. The van der Waals surface area contributed by atoms with Gasteiger partial charge in [0.2, 0.25) is 5.28 Å². The second kappa shape index (κ2) is 4.86. The lowest BCUT2D eigenvalue weighted by atomic mass is 10.5. The molecule has 0 bridgehead atoms. The molecule has 0 aliphatic carbocycles. The van der Waals surface area contributed by atoms with Gasteiger partial charge < -0.3 is 5.73 Å². The summed E-state index contributed by atoms with van der Waals surface area (Å²) in [6, 6.07) is 3.50. The number of anilines is 1. The summed E-state index contributed by atoms with van der Waals surface area (Å²) in [5.74, 6) is 0. The lowest BCUT2D eigenvalue weighted by Crippen LogP contribution is -1.95. The van der Waals surface area contributed by atoms with E-state index in [4.69, 9.17) is 28.9 Å². The molecule has 0 aromatic carbocycles. The van der Waals surface area contributed by atoms with E-state index in [2.05, 4.69) is 15.0 Å². The SMILES string of the molecule is Nc1cnc(Cl)nc1Sc1ncccc1Cl. The van der Waals surface area contributed by atoms with Crippen LogP contribution in [0.5, 0.6) is 0 Å². The molecule has 0 atom stereocenters. The first kappa shape index (κ1) is 11.4. The summed E-state index contributed by atoms with van der Waals surface area (Å²) < 4.78 is 0. The van der Waals surface area contributed by atoms with Crippen LogP contribution in [0.2, 0.25) is 10.3 Å². The van der Waals surface area contributed by atoms with Crippen LogP contribution in [0.3, 0.4) is 0 Å². The highest BCUT2D eigenvalue weighted by molar-refractivity contribution is 7.99.